The number of carbonyl (C=O) groups excluding carboxylic acids is 4. The van der Waals surface area contributed by atoms with E-state index < -0.39 is 44.0 Å². The van der Waals surface area contributed by atoms with Crippen LogP contribution in [0.2, 0.25) is 10.0 Å². The zero-order valence-electron chi connectivity index (χ0n) is 36.1. The van der Waals surface area contributed by atoms with Crippen LogP contribution >= 0.6 is 23.2 Å². The molecule has 14 nitrogen and oxygen atoms in total. The number of carbonyl (C=O) groups is 4. The van der Waals surface area contributed by atoms with Crippen molar-refractivity contribution in [1.82, 2.24) is 24.1 Å². The zero-order chi connectivity index (χ0) is 47.6. The monoisotopic (exact) mass is 989 g/mol. The predicted octanol–water partition coefficient (Wildman–Crippen LogP) is 7.06. The highest BCUT2D eigenvalue weighted by atomic mass is 35.5. The first-order chi connectivity index (χ1) is 31.4. The summed E-state index contributed by atoms with van der Waals surface area (Å²) in [6.07, 6.45) is 2.93. The van der Waals surface area contributed by atoms with Gasteiger partial charge in [0.25, 0.3) is 11.8 Å². The van der Waals surface area contributed by atoms with Crippen molar-refractivity contribution in [2.75, 3.05) is 33.3 Å². The van der Waals surface area contributed by atoms with E-state index in [4.69, 9.17) is 27.9 Å². The minimum absolute atomic E-state index is 0.00502. The number of piperidine rings is 1. The number of hydrogen-bond acceptors (Lipinski definition) is 9. The van der Waals surface area contributed by atoms with E-state index in [1.54, 1.807) is 48.5 Å². The fourth-order valence-corrected chi connectivity index (χ4v) is 11.4. The highest BCUT2D eigenvalue weighted by Gasteiger charge is 2.39. The quantitative estimate of drug-likeness (QED) is 0.141. The number of methoxy groups -OCH3 is 1. The van der Waals surface area contributed by atoms with Crippen LogP contribution in [0.1, 0.15) is 83.2 Å². The Morgan fingerprint density at radius 2 is 1.11 bits per heavy atom. The van der Waals surface area contributed by atoms with Gasteiger partial charge in [-0.05, 0) is 122 Å². The molecule has 354 valence electrons. The van der Waals surface area contributed by atoms with Gasteiger partial charge >= 0.3 is 5.97 Å². The van der Waals surface area contributed by atoms with E-state index in [9.17, 15) is 44.8 Å². The number of amides is 3. The minimum atomic E-state index is -4.10. The van der Waals surface area contributed by atoms with Crippen molar-refractivity contribution in [3.63, 3.8) is 0 Å². The standard InChI is InChI=1S/C25H28ClF2N3O4S.C21H23ClN2O5S/c26-20-7-9-21(10-8-20)36(34,35)31(22-6-1-2-13-29-23(22)32)17-18-4-3-5-19(16-18)24(33)30-14-11-25(27,28)12-15-30;1-29-21(26)16-6-4-5-15(13-16)14-24(19-7-2-3-12-23-20(19)25)30(27,28)18-10-8-17(22)9-11-18/h3-5,7-10,16,22H,1-2,6,11-15,17H2,(H,29,32);4-6,8-11,13,19H,2-3,7,12,14H2,1H3,(H,23,25). The summed E-state index contributed by atoms with van der Waals surface area (Å²) >= 11 is 11.9. The lowest BCUT2D eigenvalue weighted by molar-refractivity contribution is -0.125. The Morgan fingerprint density at radius 3 is 1.55 bits per heavy atom. The Labute approximate surface area is 393 Å². The number of esters is 1. The van der Waals surface area contributed by atoms with Gasteiger partial charge in [0.2, 0.25) is 31.9 Å². The SMILES string of the molecule is COC(=O)c1cccc(CN(C2CCCCNC2=O)S(=O)(=O)c2ccc(Cl)cc2)c1.O=C1NCCCCC1N(Cc1cccc(C(=O)N2CCC(F)(F)CC2)c1)S(=O)(=O)c1ccc(Cl)cc1. The van der Waals surface area contributed by atoms with Crippen molar-refractivity contribution in [3.8, 4) is 0 Å². The first-order valence-electron chi connectivity index (χ1n) is 21.4. The largest absolute Gasteiger partial charge is 0.465 e. The number of nitrogens with one attached hydrogen (secondary N) is 2. The minimum Gasteiger partial charge on any atom is -0.465 e. The maximum absolute atomic E-state index is 13.7. The second-order valence-corrected chi connectivity index (χ2v) is 20.8. The van der Waals surface area contributed by atoms with Crippen LogP contribution < -0.4 is 10.6 Å². The van der Waals surface area contributed by atoms with Crippen molar-refractivity contribution in [2.45, 2.75) is 92.3 Å². The van der Waals surface area contributed by atoms with Crippen LogP contribution in [-0.4, -0.2) is 105 Å². The average molecular weight is 991 g/mol. The lowest BCUT2D eigenvalue weighted by Crippen LogP contribution is -2.48. The van der Waals surface area contributed by atoms with Gasteiger partial charge in [-0.25, -0.2) is 30.4 Å². The number of likely N-dealkylation sites (tertiary alicyclic amines) is 1. The second kappa shape index (κ2) is 22.2. The molecule has 3 amide bonds. The molecule has 0 radical (unpaired) electrons. The van der Waals surface area contributed by atoms with E-state index in [2.05, 4.69) is 10.6 Å². The van der Waals surface area contributed by atoms with E-state index in [1.165, 1.54) is 69.2 Å². The molecule has 20 heteroatoms. The molecule has 0 aromatic heterocycles. The summed E-state index contributed by atoms with van der Waals surface area (Å²) in [7, 11) is -6.82. The molecule has 3 saturated heterocycles. The first kappa shape index (κ1) is 50.4. The number of sulfonamides is 2. The first-order valence-corrected chi connectivity index (χ1v) is 25.1. The number of ether oxygens (including phenoxy) is 1. The third-order valence-corrected chi connectivity index (χ3v) is 15.8. The molecule has 2 N–H and O–H groups in total. The van der Waals surface area contributed by atoms with Crippen LogP contribution in [0.3, 0.4) is 0 Å². The third-order valence-electron chi connectivity index (χ3n) is 11.5. The lowest BCUT2D eigenvalue weighted by atomic mass is 10.0. The Hall–Kier alpha value is -4.98. The third kappa shape index (κ3) is 12.7. The topological polar surface area (TPSA) is 180 Å². The summed E-state index contributed by atoms with van der Waals surface area (Å²) in [5.41, 5.74) is 1.68. The van der Waals surface area contributed by atoms with Gasteiger partial charge in [-0.1, -0.05) is 47.5 Å². The van der Waals surface area contributed by atoms with E-state index in [1.807, 2.05) is 0 Å². The summed E-state index contributed by atoms with van der Waals surface area (Å²) in [6.45, 7) is 0.700. The van der Waals surface area contributed by atoms with Gasteiger partial charge < -0.3 is 20.3 Å². The van der Waals surface area contributed by atoms with Crippen molar-refractivity contribution >= 4 is 66.9 Å². The smallest absolute Gasteiger partial charge is 0.337 e. The molecule has 0 spiro atoms. The van der Waals surface area contributed by atoms with Gasteiger partial charge in [0, 0.05) is 67.7 Å². The molecule has 0 bridgehead atoms. The second-order valence-electron chi connectivity index (χ2n) is 16.2. The number of alkyl halides is 2. The van der Waals surface area contributed by atoms with Crippen molar-refractivity contribution in [1.29, 1.82) is 0 Å². The Bertz CT molecular complexity index is 2600. The normalized spacial score (nSPS) is 19.1. The molecule has 0 aliphatic carbocycles. The number of hydrogen-bond donors (Lipinski definition) is 2. The Kier molecular flexibility index (Phi) is 17.0. The molecule has 7 rings (SSSR count). The van der Waals surface area contributed by atoms with E-state index in [0.29, 0.717) is 59.1 Å². The number of rotatable bonds is 12. The van der Waals surface area contributed by atoms with Crippen LogP contribution in [0.4, 0.5) is 8.78 Å². The average Bonchev–Trinajstić information content (AvgIpc) is 3.65. The molecular weight excluding hydrogens is 940 g/mol. The highest BCUT2D eigenvalue weighted by Crippen LogP contribution is 2.31. The molecule has 3 aliphatic heterocycles. The summed E-state index contributed by atoms with van der Waals surface area (Å²) in [5.74, 6) is -4.36. The van der Waals surface area contributed by atoms with Crippen LogP contribution in [0.15, 0.2) is 107 Å². The molecule has 4 aromatic rings. The Balaban J connectivity index is 0.000000222. The maximum Gasteiger partial charge on any atom is 0.337 e. The molecule has 4 aromatic carbocycles. The highest BCUT2D eigenvalue weighted by molar-refractivity contribution is 7.89. The fourth-order valence-electron chi connectivity index (χ4n) is 7.90. The van der Waals surface area contributed by atoms with E-state index >= 15 is 0 Å². The number of benzene rings is 4. The molecule has 66 heavy (non-hydrogen) atoms. The molecule has 2 unspecified atom stereocenters. The van der Waals surface area contributed by atoms with Crippen molar-refractivity contribution in [2.24, 2.45) is 0 Å². The van der Waals surface area contributed by atoms with Gasteiger partial charge in [0.1, 0.15) is 12.1 Å². The van der Waals surface area contributed by atoms with Gasteiger partial charge in [-0.15, -0.1) is 0 Å². The summed E-state index contributed by atoms with van der Waals surface area (Å²) < 4.78 is 88.5. The van der Waals surface area contributed by atoms with E-state index in [0.717, 1.165) is 19.3 Å². The van der Waals surface area contributed by atoms with Crippen LogP contribution in [0.5, 0.6) is 0 Å². The maximum atomic E-state index is 13.7. The van der Waals surface area contributed by atoms with Crippen LogP contribution in [-0.2, 0) is 47.5 Å². The molecule has 2 atom stereocenters. The van der Waals surface area contributed by atoms with Gasteiger partial charge in [0.15, 0.2) is 0 Å². The summed E-state index contributed by atoms with van der Waals surface area (Å²) in [5, 5.41) is 6.38. The summed E-state index contributed by atoms with van der Waals surface area (Å²) in [6, 6.07) is 22.8. The van der Waals surface area contributed by atoms with Gasteiger partial charge in [0.05, 0.1) is 22.5 Å². The molecule has 3 aliphatic rings. The van der Waals surface area contributed by atoms with Crippen molar-refractivity contribution in [3.05, 3.63) is 129 Å². The lowest BCUT2D eigenvalue weighted by Gasteiger charge is -2.32. The Morgan fingerprint density at radius 1 is 0.682 bits per heavy atom. The van der Waals surface area contributed by atoms with E-state index in [-0.39, 0.29) is 72.1 Å². The van der Waals surface area contributed by atoms with Crippen molar-refractivity contribution < 1.29 is 49.5 Å². The van der Waals surface area contributed by atoms with Gasteiger partial charge in [-0.2, -0.15) is 8.61 Å². The number of nitrogens with zero attached hydrogens (tertiary/aromatic N) is 3. The summed E-state index contributed by atoms with van der Waals surface area (Å²) in [4.78, 5) is 51.8. The fraction of sp³-hybridized carbons (Fsp3) is 0.391. The van der Waals surface area contributed by atoms with Crippen LogP contribution in [0.25, 0.3) is 0 Å². The molecule has 3 heterocycles. The molecule has 0 saturated carbocycles. The predicted molar refractivity (Wildman–Crippen MR) is 244 cm³/mol. The molecular formula is C46H51Cl2F2N5O9S2. The van der Waals surface area contributed by atoms with Gasteiger partial charge in [-0.3, -0.25) is 14.4 Å². The van der Waals surface area contributed by atoms with Crippen LogP contribution in [0, 0.1) is 0 Å². The zero-order valence-corrected chi connectivity index (χ0v) is 39.3. The number of halogens is 4. The molecule has 3 fully saturated rings.